The Labute approximate surface area is 158 Å². The summed E-state index contributed by atoms with van der Waals surface area (Å²) >= 11 is 1.42. The van der Waals surface area contributed by atoms with Gasteiger partial charge in [0.2, 0.25) is 0 Å². The highest BCUT2D eigenvalue weighted by atomic mass is 32.2. The summed E-state index contributed by atoms with van der Waals surface area (Å²) in [5.41, 5.74) is 3.16. The number of nitrogens with zero attached hydrogens (tertiary/aromatic N) is 3. The van der Waals surface area contributed by atoms with Crippen LogP contribution in [0.4, 0.5) is 11.4 Å². The summed E-state index contributed by atoms with van der Waals surface area (Å²) < 4.78 is 0. The topological polar surface area (TPSA) is 35.9 Å². The summed E-state index contributed by atoms with van der Waals surface area (Å²) in [4.78, 5) is 21.8. The predicted molar refractivity (Wildman–Crippen MR) is 110 cm³/mol. The van der Waals surface area contributed by atoms with Crippen LogP contribution < -0.4 is 4.90 Å². The Kier molecular flexibility index (Phi) is 4.80. The fourth-order valence-corrected chi connectivity index (χ4v) is 4.16. The molecular weight excluding hydrogens is 342 g/mol. The fraction of sp³-hybridized carbons (Fsp3) is 0.238. The first-order chi connectivity index (χ1) is 12.7. The molecule has 0 bridgehead atoms. The van der Waals surface area contributed by atoms with E-state index in [4.69, 9.17) is 0 Å². The molecule has 2 aliphatic rings. The van der Waals surface area contributed by atoms with Gasteiger partial charge in [0.05, 0.1) is 10.6 Å². The van der Waals surface area contributed by atoms with E-state index < -0.39 is 0 Å². The molecule has 2 aromatic rings. The van der Waals surface area contributed by atoms with E-state index in [1.807, 2.05) is 36.4 Å². The number of carbonyl (C=O) groups excluding carboxylic acids is 1. The molecule has 2 saturated heterocycles. The summed E-state index contributed by atoms with van der Waals surface area (Å²) in [6.45, 7) is 2.28. The highest BCUT2D eigenvalue weighted by Gasteiger charge is 2.30. The number of carbonyl (C=O) groups is 1. The number of hydrogen-bond acceptors (Lipinski definition) is 4. The van der Waals surface area contributed by atoms with E-state index in [1.54, 1.807) is 11.9 Å². The van der Waals surface area contributed by atoms with Crippen molar-refractivity contribution in [3.05, 3.63) is 65.1 Å². The Balaban J connectivity index is 1.53. The van der Waals surface area contributed by atoms with Gasteiger partial charge in [0.15, 0.2) is 5.17 Å². The third kappa shape index (κ3) is 3.53. The van der Waals surface area contributed by atoms with Crippen molar-refractivity contribution in [2.24, 2.45) is 4.99 Å². The number of amides is 1. The van der Waals surface area contributed by atoms with Gasteiger partial charge in [-0.15, -0.1) is 0 Å². The largest absolute Gasteiger partial charge is 0.372 e. The van der Waals surface area contributed by atoms with E-state index in [0.717, 1.165) is 24.3 Å². The molecule has 0 N–H and O–H groups in total. The number of hydrogen-bond donors (Lipinski definition) is 0. The van der Waals surface area contributed by atoms with Gasteiger partial charge in [0.25, 0.3) is 5.91 Å². The molecule has 132 valence electrons. The Morgan fingerprint density at radius 2 is 1.69 bits per heavy atom. The first-order valence-corrected chi connectivity index (χ1v) is 9.69. The van der Waals surface area contributed by atoms with Gasteiger partial charge in [-0.25, -0.2) is 4.99 Å². The van der Waals surface area contributed by atoms with E-state index in [2.05, 4.69) is 34.2 Å². The normalized spacial score (nSPS) is 20.6. The first kappa shape index (κ1) is 16.9. The zero-order chi connectivity index (χ0) is 17.9. The van der Waals surface area contributed by atoms with E-state index in [0.29, 0.717) is 10.1 Å². The van der Waals surface area contributed by atoms with Crippen molar-refractivity contribution in [2.75, 3.05) is 25.0 Å². The molecule has 0 aliphatic carbocycles. The van der Waals surface area contributed by atoms with Gasteiger partial charge in [-0.2, -0.15) is 0 Å². The average Bonchev–Trinajstić information content (AvgIpc) is 3.29. The van der Waals surface area contributed by atoms with Crippen molar-refractivity contribution in [3.63, 3.8) is 0 Å². The van der Waals surface area contributed by atoms with Crippen LogP contribution in [0.25, 0.3) is 6.08 Å². The molecule has 5 heteroatoms. The maximum atomic E-state index is 12.5. The van der Waals surface area contributed by atoms with Crippen LogP contribution in [0.3, 0.4) is 0 Å². The Morgan fingerprint density at radius 3 is 2.38 bits per heavy atom. The maximum absolute atomic E-state index is 12.5. The van der Waals surface area contributed by atoms with Crippen LogP contribution in [-0.2, 0) is 4.79 Å². The zero-order valence-electron chi connectivity index (χ0n) is 14.8. The maximum Gasteiger partial charge on any atom is 0.266 e. The molecule has 4 nitrogen and oxygen atoms in total. The van der Waals surface area contributed by atoms with Crippen molar-refractivity contribution >= 4 is 40.3 Å². The van der Waals surface area contributed by atoms with Gasteiger partial charge in [0, 0.05) is 25.8 Å². The molecule has 2 fully saturated rings. The molecule has 4 rings (SSSR count). The summed E-state index contributed by atoms with van der Waals surface area (Å²) in [6.07, 6.45) is 4.49. The molecule has 0 radical (unpaired) electrons. The second kappa shape index (κ2) is 7.38. The van der Waals surface area contributed by atoms with Crippen molar-refractivity contribution in [1.82, 2.24) is 4.90 Å². The standard InChI is InChI=1S/C21H21N3OS/c1-23-20(25)19(26-21(23)22-17-7-3-2-4-8-17)15-16-9-11-18(12-10-16)24-13-5-6-14-24/h2-4,7-12,15H,5-6,13-14H2,1H3/b19-15-,22-21?. The molecular formula is C21H21N3OS. The summed E-state index contributed by atoms with van der Waals surface area (Å²) in [5, 5.41) is 0.709. The molecule has 0 saturated carbocycles. The monoisotopic (exact) mass is 363 g/mol. The van der Waals surface area contributed by atoms with Gasteiger partial charge in [-0.05, 0) is 60.5 Å². The second-order valence-corrected chi connectivity index (χ2v) is 7.50. The summed E-state index contributed by atoms with van der Waals surface area (Å²) in [7, 11) is 1.77. The number of rotatable bonds is 3. The lowest BCUT2D eigenvalue weighted by Gasteiger charge is -2.17. The molecule has 2 aliphatic heterocycles. The lowest BCUT2D eigenvalue weighted by molar-refractivity contribution is -0.121. The molecule has 2 heterocycles. The van der Waals surface area contributed by atoms with Crippen LogP contribution >= 0.6 is 11.8 Å². The number of amidine groups is 1. The molecule has 0 aromatic heterocycles. The minimum atomic E-state index is -0.00620. The van der Waals surface area contributed by atoms with Crippen molar-refractivity contribution in [2.45, 2.75) is 12.8 Å². The molecule has 0 unspecified atom stereocenters. The molecule has 1 amide bonds. The van der Waals surface area contributed by atoms with Crippen molar-refractivity contribution in [3.8, 4) is 0 Å². The van der Waals surface area contributed by atoms with Gasteiger partial charge in [-0.1, -0.05) is 30.3 Å². The second-order valence-electron chi connectivity index (χ2n) is 6.49. The Bertz CT molecular complexity index is 853. The van der Waals surface area contributed by atoms with Crippen LogP contribution in [0.5, 0.6) is 0 Å². The average molecular weight is 363 g/mol. The Hall–Kier alpha value is -2.53. The number of likely N-dealkylation sites (N-methyl/N-ethyl adjacent to an activating group) is 1. The number of anilines is 1. The molecule has 26 heavy (non-hydrogen) atoms. The fourth-order valence-electron chi connectivity index (χ4n) is 3.17. The predicted octanol–water partition coefficient (Wildman–Crippen LogP) is 4.52. The quantitative estimate of drug-likeness (QED) is 0.752. The van der Waals surface area contributed by atoms with Crippen LogP contribution in [0, 0.1) is 0 Å². The summed E-state index contributed by atoms with van der Waals surface area (Å²) in [6, 6.07) is 18.2. The third-order valence-corrected chi connectivity index (χ3v) is 5.71. The van der Waals surface area contributed by atoms with E-state index in [1.165, 1.54) is 30.3 Å². The van der Waals surface area contributed by atoms with Crippen molar-refractivity contribution in [1.29, 1.82) is 0 Å². The van der Waals surface area contributed by atoms with E-state index in [9.17, 15) is 4.79 Å². The summed E-state index contributed by atoms with van der Waals surface area (Å²) in [5.74, 6) is -0.00620. The van der Waals surface area contributed by atoms with Gasteiger partial charge in [0.1, 0.15) is 0 Å². The highest BCUT2D eigenvalue weighted by Crippen LogP contribution is 2.33. The van der Waals surface area contributed by atoms with Crippen LogP contribution in [-0.4, -0.2) is 36.1 Å². The number of para-hydroxylation sites is 1. The van der Waals surface area contributed by atoms with Crippen LogP contribution in [0.2, 0.25) is 0 Å². The molecule has 2 aromatic carbocycles. The van der Waals surface area contributed by atoms with Crippen LogP contribution in [0.15, 0.2) is 64.5 Å². The highest BCUT2D eigenvalue weighted by molar-refractivity contribution is 8.18. The number of benzene rings is 2. The third-order valence-electron chi connectivity index (χ3n) is 4.65. The zero-order valence-corrected chi connectivity index (χ0v) is 15.6. The smallest absolute Gasteiger partial charge is 0.266 e. The Morgan fingerprint density at radius 1 is 1.00 bits per heavy atom. The van der Waals surface area contributed by atoms with Gasteiger partial charge in [-0.3, -0.25) is 9.69 Å². The molecule has 0 atom stereocenters. The van der Waals surface area contributed by atoms with E-state index >= 15 is 0 Å². The lowest BCUT2D eigenvalue weighted by Crippen LogP contribution is -2.23. The molecule has 0 spiro atoms. The lowest BCUT2D eigenvalue weighted by atomic mass is 10.2. The first-order valence-electron chi connectivity index (χ1n) is 8.87. The van der Waals surface area contributed by atoms with Crippen LogP contribution in [0.1, 0.15) is 18.4 Å². The van der Waals surface area contributed by atoms with E-state index in [-0.39, 0.29) is 5.91 Å². The SMILES string of the molecule is CN1C(=O)/C(=C/c2ccc(N3CCCC3)cc2)SC1=Nc1ccccc1. The minimum Gasteiger partial charge on any atom is -0.372 e. The number of aliphatic imine (C=N–C) groups is 1. The van der Waals surface area contributed by atoms with Gasteiger partial charge < -0.3 is 4.90 Å². The number of thioether (sulfide) groups is 1. The minimum absolute atomic E-state index is 0.00620. The van der Waals surface area contributed by atoms with Gasteiger partial charge >= 0.3 is 0 Å². The van der Waals surface area contributed by atoms with Crippen molar-refractivity contribution < 1.29 is 4.79 Å².